The van der Waals surface area contributed by atoms with Crippen molar-refractivity contribution >= 4 is 21.5 Å². The molecule has 0 rings (SSSR count). The van der Waals surface area contributed by atoms with Crippen LogP contribution in [0, 0.1) is 5.41 Å². The summed E-state index contributed by atoms with van der Waals surface area (Å²) in [6.07, 6.45) is 0.989. The average Bonchev–Trinajstić information content (AvgIpc) is 2.09. The van der Waals surface area contributed by atoms with E-state index < -0.39 is 26.4 Å². The highest BCUT2D eigenvalue weighted by molar-refractivity contribution is 7.92. The highest BCUT2D eigenvalue weighted by Gasteiger charge is 2.26. The van der Waals surface area contributed by atoms with Crippen LogP contribution in [0.3, 0.4) is 0 Å². The lowest BCUT2D eigenvalue weighted by Crippen LogP contribution is -2.42. The van der Waals surface area contributed by atoms with E-state index >= 15 is 0 Å². The molecule has 16 heavy (non-hydrogen) atoms. The third-order valence-electron chi connectivity index (χ3n) is 2.27. The molecule has 0 bridgehead atoms. The van der Waals surface area contributed by atoms with Crippen LogP contribution in [0.5, 0.6) is 0 Å². The second kappa shape index (κ2) is 4.95. The maximum absolute atomic E-state index is 11.5. The molecular formula is C10H19NO4S. The number of sulfone groups is 1. The quantitative estimate of drug-likeness (QED) is 0.769. The van der Waals surface area contributed by atoms with Crippen molar-refractivity contribution in [2.24, 2.45) is 5.41 Å². The number of carbonyl (C=O) groups excluding carboxylic acids is 2. The molecule has 0 aromatic heterocycles. The summed E-state index contributed by atoms with van der Waals surface area (Å²) in [5.74, 6) is -0.776. The van der Waals surface area contributed by atoms with Crippen molar-refractivity contribution < 1.29 is 18.0 Å². The fraction of sp³-hybridized carbons (Fsp3) is 0.800. The summed E-state index contributed by atoms with van der Waals surface area (Å²) in [5.41, 5.74) is -0.540. The van der Waals surface area contributed by atoms with Crippen molar-refractivity contribution in [2.45, 2.75) is 32.9 Å². The van der Waals surface area contributed by atoms with Gasteiger partial charge in [-0.3, -0.25) is 9.59 Å². The average molecular weight is 249 g/mol. The predicted octanol–water partition coefficient (Wildman–Crippen LogP) is 0.151. The van der Waals surface area contributed by atoms with E-state index in [1.807, 2.05) is 0 Å². The van der Waals surface area contributed by atoms with Crippen LogP contribution in [0.15, 0.2) is 0 Å². The number of hydrogen-bond acceptors (Lipinski definition) is 4. The molecule has 0 spiro atoms. The summed E-state index contributed by atoms with van der Waals surface area (Å²) < 4.78 is 22.1. The molecule has 0 heterocycles. The van der Waals surface area contributed by atoms with E-state index in [4.69, 9.17) is 0 Å². The first kappa shape index (κ1) is 15.1. The Hall–Kier alpha value is -0.910. The first-order valence-electron chi connectivity index (χ1n) is 4.96. The Morgan fingerprint density at radius 3 is 2.00 bits per heavy atom. The molecule has 0 fully saturated rings. The molecule has 5 nitrogen and oxygen atoms in total. The fourth-order valence-corrected chi connectivity index (χ4v) is 1.24. The smallest absolute Gasteiger partial charge is 0.238 e. The van der Waals surface area contributed by atoms with Gasteiger partial charge in [0.2, 0.25) is 5.91 Å². The Balaban J connectivity index is 4.36. The zero-order valence-electron chi connectivity index (χ0n) is 10.3. The first-order chi connectivity index (χ1) is 6.96. The molecule has 6 heteroatoms. The number of nitrogens with one attached hydrogen (secondary N) is 1. The van der Waals surface area contributed by atoms with Crippen LogP contribution in [-0.4, -0.2) is 38.2 Å². The van der Waals surface area contributed by atoms with Gasteiger partial charge in [0.15, 0.2) is 15.6 Å². The molecule has 1 atom stereocenters. The van der Waals surface area contributed by atoms with Gasteiger partial charge in [-0.15, -0.1) is 0 Å². The highest BCUT2D eigenvalue weighted by atomic mass is 32.2. The topological polar surface area (TPSA) is 80.3 Å². The van der Waals surface area contributed by atoms with Gasteiger partial charge < -0.3 is 5.32 Å². The van der Waals surface area contributed by atoms with Gasteiger partial charge in [-0.2, -0.15) is 0 Å². The maximum Gasteiger partial charge on any atom is 0.238 e. The van der Waals surface area contributed by atoms with Crippen molar-refractivity contribution in [1.29, 1.82) is 0 Å². The Labute approximate surface area is 96.5 Å². The van der Waals surface area contributed by atoms with Gasteiger partial charge in [0, 0.05) is 11.7 Å². The van der Waals surface area contributed by atoms with Crippen LogP contribution >= 0.6 is 0 Å². The Morgan fingerprint density at radius 1 is 1.25 bits per heavy atom. The summed E-state index contributed by atoms with van der Waals surface area (Å²) in [6.45, 7) is 6.37. The van der Waals surface area contributed by atoms with Crippen molar-refractivity contribution in [1.82, 2.24) is 5.32 Å². The van der Waals surface area contributed by atoms with Gasteiger partial charge in [0.1, 0.15) is 5.25 Å². The van der Waals surface area contributed by atoms with Crippen LogP contribution in [0.4, 0.5) is 0 Å². The zero-order chi connectivity index (χ0) is 13.1. The standard InChI is InChI=1S/C10H19NO4S/c1-7(16(5,14)15)9(13)11-6-8(12)10(2,3)4/h7H,6H2,1-5H3,(H,11,13). The predicted molar refractivity (Wildman–Crippen MR) is 61.8 cm³/mol. The minimum absolute atomic E-state index is 0.137. The molecule has 0 aromatic carbocycles. The van der Waals surface area contributed by atoms with Crippen LogP contribution in [0.1, 0.15) is 27.7 Å². The van der Waals surface area contributed by atoms with Gasteiger partial charge >= 0.3 is 0 Å². The SMILES string of the molecule is CC(C(=O)NCC(=O)C(C)(C)C)S(C)(=O)=O. The minimum Gasteiger partial charge on any atom is -0.348 e. The molecule has 1 N–H and O–H groups in total. The molecule has 0 aromatic rings. The molecule has 94 valence electrons. The summed E-state index contributed by atoms with van der Waals surface area (Å²) in [5, 5.41) is 1.20. The number of rotatable bonds is 4. The van der Waals surface area contributed by atoms with Gasteiger partial charge in [-0.25, -0.2) is 8.42 Å². The van der Waals surface area contributed by atoms with E-state index in [-0.39, 0.29) is 12.3 Å². The van der Waals surface area contributed by atoms with Crippen LogP contribution in [0.25, 0.3) is 0 Å². The Bertz CT molecular complexity index is 378. The van der Waals surface area contributed by atoms with E-state index in [2.05, 4.69) is 5.32 Å². The minimum atomic E-state index is -3.41. The Kier molecular flexibility index (Phi) is 4.67. The van der Waals surface area contributed by atoms with Crippen LogP contribution in [-0.2, 0) is 19.4 Å². The molecule has 0 aliphatic rings. The lowest BCUT2D eigenvalue weighted by atomic mass is 9.91. The van der Waals surface area contributed by atoms with Crippen molar-refractivity contribution in [2.75, 3.05) is 12.8 Å². The van der Waals surface area contributed by atoms with Gasteiger partial charge in [-0.05, 0) is 6.92 Å². The molecule has 0 saturated heterocycles. The van der Waals surface area contributed by atoms with Gasteiger partial charge in [0.25, 0.3) is 0 Å². The normalized spacial score (nSPS) is 14.3. The maximum atomic E-state index is 11.5. The van der Waals surface area contributed by atoms with Crippen LogP contribution < -0.4 is 5.32 Å². The molecule has 1 amide bonds. The summed E-state index contributed by atoms with van der Waals surface area (Å²) >= 11 is 0. The lowest BCUT2D eigenvalue weighted by molar-refractivity contribution is -0.128. The van der Waals surface area contributed by atoms with E-state index in [0.717, 1.165) is 6.26 Å². The van der Waals surface area contributed by atoms with E-state index in [1.165, 1.54) is 6.92 Å². The number of hydrogen-bond donors (Lipinski definition) is 1. The highest BCUT2D eigenvalue weighted by Crippen LogP contribution is 2.13. The second-order valence-corrected chi connectivity index (χ2v) is 7.23. The van der Waals surface area contributed by atoms with Crippen LogP contribution in [0.2, 0.25) is 0 Å². The number of carbonyl (C=O) groups is 2. The van der Waals surface area contributed by atoms with Crippen molar-refractivity contribution in [3.8, 4) is 0 Å². The molecule has 0 saturated carbocycles. The van der Waals surface area contributed by atoms with Gasteiger partial charge in [-0.1, -0.05) is 20.8 Å². The summed E-state index contributed by atoms with van der Waals surface area (Å²) in [6, 6.07) is 0. The number of ketones is 1. The molecule has 0 aliphatic carbocycles. The summed E-state index contributed by atoms with van der Waals surface area (Å²) in [4.78, 5) is 22.9. The third-order valence-corrected chi connectivity index (χ3v) is 3.77. The molecular weight excluding hydrogens is 230 g/mol. The molecule has 1 unspecified atom stereocenters. The molecule has 0 aliphatic heterocycles. The monoisotopic (exact) mass is 249 g/mol. The van der Waals surface area contributed by atoms with E-state index in [0.29, 0.717) is 0 Å². The number of Topliss-reactive ketones (excluding diaryl/α,β-unsaturated/α-hetero) is 1. The second-order valence-electron chi connectivity index (χ2n) is 4.86. The lowest BCUT2D eigenvalue weighted by Gasteiger charge is -2.17. The fourth-order valence-electron chi connectivity index (χ4n) is 0.771. The van der Waals surface area contributed by atoms with E-state index in [9.17, 15) is 18.0 Å². The zero-order valence-corrected chi connectivity index (χ0v) is 11.1. The Morgan fingerprint density at radius 2 is 1.69 bits per heavy atom. The third kappa shape index (κ3) is 4.74. The van der Waals surface area contributed by atoms with Crippen molar-refractivity contribution in [3.05, 3.63) is 0 Å². The number of amides is 1. The first-order valence-corrected chi connectivity index (χ1v) is 6.91. The van der Waals surface area contributed by atoms with Crippen molar-refractivity contribution in [3.63, 3.8) is 0 Å². The molecule has 0 radical (unpaired) electrons. The van der Waals surface area contributed by atoms with E-state index in [1.54, 1.807) is 20.8 Å². The van der Waals surface area contributed by atoms with Gasteiger partial charge in [0.05, 0.1) is 6.54 Å². The summed E-state index contributed by atoms with van der Waals surface area (Å²) in [7, 11) is -3.41. The largest absolute Gasteiger partial charge is 0.348 e.